The lowest BCUT2D eigenvalue weighted by molar-refractivity contribution is 0.199. The maximum atomic E-state index is 12.3. The van der Waals surface area contributed by atoms with Gasteiger partial charge in [-0.25, -0.2) is 13.1 Å². The third kappa shape index (κ3) is 4.26. The zero-order valence-corrected chi connectivity index (χ0v) is 13.6. The first-order valence-corrected chi connectivity index (χ1v) is 8.79. The molecule has 21 heavy (non-hydrogen) atoms. The highest BCUT2D eigenvalue weighted by molar-refractivity contribution is 7.89. The van der Waals surface area contributed by atoms with Gasteiger partial charge in [-0.05, 0) is 51.4 Å². The first-order valence-electron chi connectivity index (χ1n) is 7.31. The minimum atomic E-state index is -3.54. The van der Waals surface area contributed by atoms with Crippen LogP contribution in [0.1, 0.15) is 38.4 Å². The number of benzene rings is 1. The standard InChI is InChI=1S/C15H24N2O3S/c1-11(17(3)14-7-8-14)10-16-21(19,20)15-6-4-5-13(9-15)12(2)18/h4-6,9,11-12,14,16,18H,7-8,10H2,1-3H3. The zero-order valence-electron chi connectivity index (χ0n) is 12.8. The second kappa shape index (κ2) is 6.44. The van der Waals surface area contributed by atoms with Crippen molar-refractivity contribution in [1.82, 2.24) is 9.62 Å². The van der Waals surface area contributed by atoms with Crippen LogP contribution in [0.5, 0.6) is 0 Å². The number of nitrogens with zero attached hydrogens (tertiary/aromatic N) is 1. The van der Waals surface area contributed by atoms with Gasteiger partial charge in [0.25, 0.3) is 0 Å². The van der Waals surface area contributed by atoms with E-state index >= 15 is 0 Å². The maximum absolute atomic E-state index is 12.3. The zero-order chi connectivity index (χ0) is 15.6. The minimum Gasteiger partial charge on any atom is -0.389 e. The van der Waals surface area contributed by atoms with Gasteiger partial charge in [0.15, 0.2) is 0 Å². The predicted molar refractivity (Wildman–Crippen MR) is 82.5 cm³/mol. The Morgan fingerprint density at radius 1 is 1.38 bits per heavy atom. The molecule has 1 aromatic carbocycles. The molecular formula is C15H24N2O3S. The van der Waals surface area contributed by atoms with Crippen LogP contribution in [0, 0.1) is 0 Å². The smallest absolute Gasteiger partial charge is 0.240 e. The molecule has 1 aliphatic carbocycles. The Bertz CT molecular complexity index is 582. The van der Waals surface area contributed by atoms with E-state index in [4.69, 9.17) is 0 Å². The molecule has 2 atom stereocenters. The Hall–Kier alpha value is -0.950. The maximum Gasteiger partial charge on any atom is 0.240 e. The Morgan fingerprint density at radius 2 is 2.05 bits per heavy atom. The third-order valence-corrected chi connectivity index (χ3v) is 5.46. The quantitative estimate of drug-likeness (QED) is 0.800. The first kappa shape index (κ1) is 16.4. The molecule has 118 valence electrons. The van der Waals surface area contributed by atoms with Crippen molar-refractivity contribution in [3.8, 4) is 0 Å². The van der Waals surface area contributed by atoms with Crippen LogP contribution in [0.25, 0.3) is 0 Å². The van der Waals surface area contributed by atoms with Gasteiger partial charge in [-0.1, -0.05) is 12.1 Å². The van der Waals surface area contributed by atoms with E-state index in [1.807, 2.05) is 14.0 Å². The van der Waals surface area contributed by atoms with Crippen LogP contribution in [0.3, 0.4) is 0 Å². The topological polar surface area (TPSA) is 69.6 Å². The van der Waals surface area contributed by atoms with Gasteiger partial charge in [-0.15, -0.1) is 0 Å². The monoisotopic (exact) mass is 312 g/mol. The van der Waals surface area contributed by atoms with Crippen LogP contribution in [-0.2, 0) is 10.0 Å². The number of aliphatic hydroxyl groups is 1. The van der Waals surface area contributed by atoms with Crippen molar-refractivity contribution in [3.05, 3.63) is 29.8 Å². The van der Waals surface area contributed by atoms with Crippen molar-refractivity contribution in [3.63, 3.8) is 0 Å². The van der Waals surface area contributed by atoms with E-state index in [9.17, 15) is 13.5 Å². The molecule has 0 heterocycles. The summed E-state index contributed by atoms with van der Waals surface area (Å²) in [5.74, 6) is 0. The largest absolute Gasteiger partial charge is 0.389 e. The summed E-state index contributed by atoms with van der Waals surface area (Å²) in [4.78, 5) is 2.41. The van der Waals surface area contributed by atoms with Gasteiger partial charge >= 0.3 is 0 Å². The van der Waals surface area contributed by atoms with Crippen molar-refractivity contribution >= 4 is 10.0 Å². The number of nitrogens with one attached hydrogen (secondary N) is 1. The van der Waals surface area contributed by atoms with Gasteiger partial charge in [0, 0.05) is 18.6 Å². The summed E-state index contributed by atoms with van der Waals surface area (Å²) in [6.07, 6.45) is 1.72. The summed E-state index contributed by atoms with van der Waals surface area (Å²) in [6.45, 7) is 4.02. The molecule has 2 unspecified atom stereocenters. The SMILES string of the molecule is CC(O)c1cccc(S(=O)(=O)NCC(C)N(C)C2CC2)c1. The predicted octanol–water partition coefficient (Wildman–Crippen LogP) is 1.50. The van der Waals surface area contributed by atoms with E-state index in [0.717, 1.165) is 0 Å². The Kier molecular flexibility index (Phi) is 5.03. The fraction of sp³-hybridized carbons (Fsp3) is 0.600. The highest BCUT2D eigenvalue weighted by Crippen LogP contribution is 2.26. The molecule has 0 bridgehead atoms. The summed E-state index contributed by atoms with van der Waals surface area (Å²) in [7, 11) is -1.51. The fourth-order valence-corrected chi connectivity index (χ4v) is 3.42. The molecule has 1 aromatic rings. The summed E-state index contributed by atoms with van der Waals surface area (Å²) in [5.41, 5.74) is 0.598. The number of hydrogen-bond donors (Lipinski definition) is 2. The number of likely N-dealkylation sites (N-methyl/N-ethyl adjacent to an activating group) is 1. The summed E-state index contributed by atoms with van der Waals surface area (Å²) < 4.78 is 27.3. The van der Waals surface area contributed by atoms with Gasteiger partial charge in [-0.3, -0.25) is 4.90 Å². The molecule has 1 saturated carbocycles. The normalized spacial score (nSPS) is 18.7. The molecule has 2 rings (SSSR count). The fourth-order valence-electron chi connectivity index (χ4n) is 2.24. The molecule has 1 aliphatic rings. The number of sulfonamides is 1. The van der Waals surface area contributed by atoms with Crippen molar-refractivity contribution < 1.29 is 13.5 Å². The number of hydrogen-bond acceptors (Lipinski definition) is 4. The van der Waals surface area contributed by atoms with Crippen LogP contribution in [0.15, 0.2) is 29.2 Å². The van der Waals surface area contributed by atoms with E-state index in [1.54, 1.807) is 25.1 Å². The lowest BCUT2D eigenvalue weighted by atomic mass is 10.1. The molecule has 2 N–H and O–H groups in total. The van der Waals surface area contributed by atoms with Gasteiger partial charge in [0.05, 0.1) is 11.0 Å². The molecule has 0 spiro atoms. The van der Waals surface area contributed by atoms with Crippen LogP contribution in [-0.4, -0.2) is 44.1 Å². The first-order chi connectivity index (χ1) is 9.81. The second-order valence-electron chi connectivity index (χ2n) is 5.85. The average Bonchev–Trinajstić information content (AvgIpc) is 3.28. The molecule has 0 aliphatic heterocycles. The highest BCUT2D eigenvalue weighted by atomic mass is 32.2. The van der Waals surface area contributed by atoms with Gasteiger partial charge < -0.3 is 5.11 Å². The van der Waals surface area contributed by atoms with Crippen molar-refractivity contribution in [2.75, 3.05) is 13.6 Å². The molecular weight excluding hydrogens is 288 g/mol. The van der Waals surface area contributed by atoms with Gasteiger partial charge in [-0.2, -0.15) is 0 Å². The molecule has 1 fully saturated rings. The van der Waals surface area contributed by atoms with E-state index in [-0.39, 0.29) is 10.9 Å². The third-order valence-electron chi connectivity index (χ3n) is 4.04. The van der Waals surface area contributed by atoms with E-state index < -0.39 is 16.1 Å². The molecule has 6 heteroatoms. The van der Waals surface area contributed by atoms with Crippen LogP contribution >= 0.6 is 0 Å². The van der Waals surface area contributed by atoms with Crippen LogP contribution in [0.4, 0.5) is 0 Å². The highest BCUT2D eigenvalue weighted by Gasteiger charge is 2.29. The number of rotatable bonds is 7. The van der Waals surface area contributed by atoms with Crippen molar-refractivity contribution in [2.45, 2.75) is 49.8 Å². The van der Waals surface area contributed by atoms with E-state index in [0.29, 0.717) is 18.2 Å². The van der Waals surface area contributed by atoms with Gasteiger partial charge in [0.2, 0.25) is 10.0 Å². The molecule has 0 radical (unpaired) electrons. The van der Waals surface area contributed by atoms with Crippen molar-refractivity contribution in [2.24, 2.45) is 0 Å². The second-order valence-corrected chi connectivity index (χ2v) is 7.61. The lowest BCUT2D eigenvalue weighted by Gasteiger charge is -2.24. The Labute approximate surface area is 127 Å². The molecule has 0 aromatic heterocycles. The van der Waals surface area contributed by atoms with E-state index in [1.165, 1.54) is 18.9 Å². The molecule has 5 nitrogen and oxygen atoms in total. The molecule has 0 amide bonds. The number of aliphatic hydroxyl groups excluding tert-OH is 1. The minimum absolute atomic E-state index is 0.159. The average molecular weight is 312 g/mol. The van der Waals surface area contributed by atoms with Crippen LogP contribution in [0.2, 0.25) is 0 Å². The van der Waals surface area contributed by atoms with Gasteiger partial charge in [0.1, 0.15) is 0 Å². The van der Waals surface area contributed by atoms with Crippen LogP contribution < -0.4 is 4.72 Å². The van der Waals surface area contributed by atoms with Crippen molar-refractivity contribution in [1.29, 1.82) is 0 Å². The molecule has 0 saturated heterocycles. The summed E-state index contributed by atoms with van der Waals surface area (Å²) in [6, 6.07) is 7.19. The lowest BCUT2D eigenvalue weighted by Crippen LogP contribution is -2.41. The summed E-state index contributed by atoms with van der Waals surface area (Å²) in [5, 5.41) is 9.55. The van der Waals surface area contributed by atoms with E-state index in [2.05, 4.69) is 9.62 Å². The Balaban J connectivity index is 2.02. The summed E-state index contributed by atoms with van der Waals surface area (Å²) >= 11 is 0. The Morgan fingerprint density at radius 3 is 2.62 bits per heavy atom.